The molecule has 2 unspecified atom stereocenters. The van der Waals surface area contributed by atoms with E-state index < -0.39 is 16.1 Å². The molecule has 0 heterocycles. The minimum absolute atomic E-state index is 0.0611. The molecule has 0 amide bonds. The first-order chi connectivity index (χ1) is 10.8. The van der Waals surface area contributed by atoms with Gasteiger partial charge in [-0.3, -0.25) is 0 Å². The Morgan fingerprint density at radius 1 is 1.43 bits per heavy atom. The van der Waals surface area contributed by atoms with E-state index in [-0.39, 0.29) is 17.5 Å². The molecule has 0 radical (unpaired) electrons. The van der Waals surface area contributed by atoms with Gasteiger partial charge in [0, 0.05) is 18.8 Å². The Balaban J connectivity index is 3.13. The van der Waals surface area contributed by atoms with Crippen LogP contribution in [0.25, 0.3) is 0 Å². The monoisotopic (exact) mass is 340 g/mol. The van der Waals surface area contributed by atoms with Crippen molar-refractivity contribution in [3.63, 3.8) is 0 Å². The SMILES string of the molecule is CCCC(C#N)Nc1cc(N)ccc1S(=O)(=O)NC(C)COC. The van der Waals surface area contributed by atoms with E-state index in [1.165, 1.54) is 25.3 Å². The lowest BCUT2D eigenvalue weighted by molar-refractivity contribution is 0.180. The van der Waals surface area contributed by atoms with E-state index >= 15 is 0 Å². The van der Waals surface area contributed by atoms with Crippen LogP contribution in [-0.4, -0.2) is 34.2 Å². The summed E-state index contributed by atoms with van der Waals surface area (Å²) in [6.45, 7) is 3.92. The summed E-state index contributed by atoms with van der Waals surface area (Å²) in [5, 5.41) is 12.1. The Morgan fingerprint density at radius 2 is 2.13 bits per heavy atom. The van der Waals surface area contributed by atoms with Crippen LogP contribution in [0.2, 0.25) is 0 Å². The molecule has 0 aromatic heterocycles. The molecule has 0 aliphatic carbocycles. The lowest BCUT2D eigenvalue weighted by atomic mass is 10.1. The van der Waals surface area contributed by atoms with Gasteiger partial charge in [-0.25, -0.2) is 13.1 Å². The predicted molar refractivity (Wildman–Crippen MR) is 90.4 cm³/mol. The molecular formula is C15H24N4O3S. The van der Waals surface area contributed by atoms with Crippen LogP contribution in [0.4, 0.5) is 11.4 Å². The molecule has 8 heteroatoms. The predicted octanol–water partition coefficient (Wildman–Crippen LogP) is 1.69. The van der Waals surface area contributed by atoms with Gasteiger partial charge in [0.2, 0.25) is 10.0 Å². The van der Waals surface area contributed by atoms with Crippen molar-refractivity contribution < 1.29 is 13.2 Å². The summed E-state index contributed by atoms with van der Waals surface area (Å²) in [6.07, 6.45) is 1.41. The minimum atomic E-state index is -3.76. The Hall–Kier alpha value is -1.82. The van der Waals surface area contributed by atoms with Crippen LogP contribution in [0.15, 0.2) is 23.1 Å². The number of ether oxygens (including phenoxy) is 1. The fraction of sp³-hybridized carbons (Fsp3) is 0.533. The molecule has 1 aromatic carbocycles. The van der Waals surface area contributed by atoms with E-state index in [1.807, 2.05) is 6.92 Å². The second-order valence-corrected chi connectivity index (χ2v) is 7.03. The molecular weight excluding hydrogens is 316 g/mol. The van der Waals surface area contributed by atoms with Gasteiger partial charge in [-0.2, -0.15) is 5.26 Å². The maximum atomic E-state index is 12.5. The van der Waals surface area contributed by atoms with E-state index in [2.05, 4.69) is 16.1 Å². The number of methoxy groups -OCH3 is 1. The number of rotatable bonds is 9. The first-order valence-electron chi connectivity index (χ1n) is 7.41. The number of nitriles is 1. The Labute approximate surface area is 137 Å². The molecule has 0 saturated carbocycles. The van der Waals surface area contributed by atoms with Crippen molar-refractivity contribution >= 4 is 21.4 Å². The third-order valence-electron chi connectivity index (χ3n) is 3.13. The van der Waals surface area contributed by atoms with Gasteiger partial charge in [0.05, 0.1) is 18.4 Å². The maximum absolute atomic E-state index is 12.5. The number of hydrogen-bond donors (Lipinski definition) is 3. The molecule has 23 heavy (non-hydrogen) atoms. The normalized spacial score (nSPS) is 14.0. The molecule has 1 rings (SSSR count). The van der Waals surface area contributed by atoms with E-state index in [1.54, 1.807) is 6.92 Å². The van der Waals surface area contributed by atoms with E-state index in [9.17, 15) is 13.7 Å². The van der Waals surface area contributed by atoms with Gasteiger partial charge in [-0.05, 0) is 31.5 Å². The largest absolute Gasteiger partial charge is 0.399 e. The van der Waals surface area contributed by atoms with Crippen molar-refractivity contribution in [3.8, 4) is 6.07 Å². The highest BCUT2D eigenvalue weighted by atomic mass is 32.2. The maximum Gasteiger partial charge on any atom is 0.242 e. The van der Waals surface area contributed by atoms with Gasteiger partial charge in [-0.15, -0.1) is 0 Å². The summed E-state index contributed by atoms with van der Waals surface area (Å²) in [6, 6.07) is 5.74. The Morgan fingerprint density at radius 3 is 2.70 bits per heavy atom. The molecule has 2 atom stereocenters. The van der Waals surface area contributed by atoms with Crippen molar-refractivity contribution in [2.45, 2.75) is 43.7 Å². The first-order valence-corrected chi connectivity index (χ1v) is 8.89. The van der Waals surface area contributed by atoms with E-state index in [4.69, 9.17) is 10.5 Å². The van der Waals surface area contributed by atoms with Gasteiger partial charge >= 0.3 is 0 Å². The van der Waals surface area contributed by atoms with Crippen LogP contribution < -0.4 is 15.8 Å². The lowest BCUT2D eigenvalue weighted by Crippen LogP contribution is -2.36. The molecule has 0 saturated heterocycles. The average Bonchev–Trinajstić information content (AvgIpc) is 2.46. The highest BCUT2D eigenvalue weighted by Crippen LogP contribution is 2.25. The fourth-order valence-electron chi connectivity index (χ4n) is 2.15. The number of nitrogen functional groups attached to an aromatic ring is 1. The summed E-state index contributed by atoms with van der Waals surface area (Å²) in [4.78, 5) is 0.0611. The third-order valence-corrected chi connectivity index (χ3v) is 4.78. The summed E-state index contributed by atoms with van der Waals surface area (Å²) in [5.41, 5.74) is 6.50. The Bertz CT molecular complexity index is 655. The van der Waals surface area contributed by atoms with Crippen LogP contribution in [0, 0.1) is 11.3 Å². The topological polar surface area (TPSA) is 117 Å². The number of nitrogens with zero attached hydrogens (tertiary/aromatic N) is 1. The van der Waals surface area contributed by atoms with Crippen LogP contribution in [0.1, 0.15) is 26.7 Å². The molecule has 7 nitrogen and oxygen atoms in total. The summed E-state index contributed by atoms with van der Waals surface area (Å²) in [5.74, 6) is 0. The standard InChI is InChI=1S/C15H24N4O3S/c1-4-5-13(9-16)18-14-8-12(17)6-7-15(14)23(20,21)19-11(2)10-22-3/h6-8,11,13,18-19H,4-5,10,17H2,1-3H3. The minimum Gasteiger partial charge on any atom is -0.399 e. The fourth-order valence-corrected chi connectivity index (χ4v) is 3.53. The van der Waals surface area contributed by atoms with Gasteiger partial charge in [0.1, 0.15) is 10.9 Å². The first kappa shape index (κ1) is 19.2. The second-order valence-electron chi connectivity index (χ2n) is 5.35. The number of benzene rings is 1. The molecule has 0 fully saturated rings. The molecule has 128 valence electrons. The average molecular weight is 340 g/mol. The zero-order chi connectivity index (χ0) is 17.5. The number of anilines is 2. The number of nitrogens with two attached hydrogens (primary N) is 1. The lowest BCUT2D eigenvalue weighted by Gasteiger charge is -2.19. The van der Waals surface area contributed by atoms with Gasteiger partial charge in [0.15, 0.2) is 0 Å². The van der Waals surface area contributed by atoms with E-state index in [0.29, 0.717) is 17.8 Å². The number of sulfonamides is 1. The summed E-state index contributed by atoms with van der Waals surface area (Å²) in [7, 11) is -2.25. The zero-order valence-electron chi connectivity index (χ0n) is 13.7. The molecule has 0 aliphatic rings. The second kappa shape index (κ2) is 8.72. The molecule has 0 bridgehead atoms. The van der Waals surface area contributed by atoms with Crippen molar-refractivity contribution in [2.24, 2.45) is 0 Å². The summed E-state index contributed by atoms with van der Waals surface area (Å²) < 4.78 is 32.6. The number of hydrogen-bond acceptors (Lipinski definition) is 6. The smallest absolute Gasteiger partial charge is 0.242 e. The molecule has 0 spiro atoms. The highest BCUT2D eigenvalue weighted by Gasteiger charge is 2.22. The van der Waals surface area contributed by atoms with Crippen molar-refractivity contribution in [1.29, 1.82) is 5.26 Å². The quantitative estimate of drug-likeness (QED) is 0.589. The van der Waals surface area contributed by atoms with Crippen LogP contribution >= 0.6 is 0 Å². The highest BCUT2D eigenvalue weighted by molar-refractivity contribution is 7.89. The Kier molecular flexibility index (Phi) is 7.29. The molecule has 1 aromatic rings. The molecule has 4 N–H and O–H groups in total. The number of nitrogens with one attached hydrogen (secondary N) is 2. The van der Waals surface area contributed by atoms with Crippen molar-refractivity contribution in [1.82, 2.24) is 4.72 Å². The van der Waals surface area contributed by atoms with Crippen molar-refractivity contribution in [2.75, 3.05) is 24.8 Å². The van der Waals surface area contributed by atoms with Crippen molar-refractivity contribution in [3.05, 3.63) is 18.2 Å². The van der Waals surface area contributed by atoms with Crippen LogP contribution in [0.5, 0.6) is 0 Å². The van der Waals surface area contributed by atoms with Crippen LogP contribution in [0.3, 0.4) is 0 Å². The van der Waals surface area contributed by atoms with E-state index in [0.717, 1.165) is 6.42 Å². The van der Waals surface area contributed by atoms with Gasteiger partial charge in [-0.1, -0.05) is 13.3 Å². The van der Waals surface area contributed by atoms with Crippen LogP contribution in [-0.2, 0) is 14.8 Å². The van der Waals surface area contributed by atoms with Gasteiger partial charge < -0.3 is 15.8 Å². The molecule has 0 aliphatic heterocycles. The third kappa shape index (κ3) is 5.71. The van der Waals surface area contributed by atoms with Gasteiger partial charge in [0.25, 0.3) is 0 Å². The zero-order valence-corrected chi connectivity index (χ0v) is 14.5. The summed E-state index contributed by atoms with van der Waals surface area (Å²) >= 11 is 0.